The number of Topliss-reactive ketones (excluding diaryl/α,β-unsaturated/α-hetero) is 2. The molecule has 0 saturated heterocycles. The van der Waals surface area contributed by atoms with E-state index >= 15 is 0 Å². The van der Waals surface area contributed by atoms with Gasteiger partial charge in [0, 0.05) is 30.2 Å². The lowest BCUT2D eigenvalue weighted by Crippen LogP contribution is -2.28. The Hall–Kier alpha value is -2.23. The molecule has 0 bridgehead atoms. The fourth-order valence-electron chi connectivity index (χ4n) is 1.82. The quantitative estimate of drug-likeness (QED) is 0.870. The van der Waals surface area contributed by atoms with Gasteiger partial charge < -0.3 is 5.32 Å². The van der Waals surface area contributed by atoms with Gasteiger partial charge in [0.2, 0.25) is 5.78 Å². The van der Waals surface area contributed by atoms with Crippen molar-refractivity contribution in [3.05, 3.63) is 47.2 Å². The highest BCUT2D eigenvalue weighted by atomic mass is 16.1. The van der Waals surface area contributed by atoms with Crippen LogP contribution in [-0.2, 0) is 4.79 Å². The van der Waals surface area contributed by atoms with Crippen molar-refractivity contribution in [3.63, 3.8) is 0 Å². The number of nitrogens with one attached hydrogen (secondary N) is 1. The summed E-state index contributed by atoms with van der Waals surface area (Å²) in [5, 5.41) is 2.84. The molecular weight excluding hydrogens is 230 g/mol. The molecule has 0 aromatic heterocycles. The van der Waals surface area contributed by atoms with Crippen molar-refractivity contribution in [2.75, 3.05) is 6.54 Å². The Kier molecular flexibility index (Phi) is 3.37. The van der Waals surface area contributed by atoms with Crippen molar-refractivity contribution in [1.82, 2.24) is 5.32 Å². The summed E-state index contributed by atoms with van der Waals surface area (Å²) in [5.41, 5.74) is 1.11. The van der Waals surface area contributed by atoms with Crippen molar-refractivity contribution in [2.24, 2.45) is 0 Å². The minimum atomic E-state index is -0.200. The molecule has 4 nitrogen and oxygen atoms in total. The average molecular weight is 243 g/mol. The fourth-order valence-corrected chi connectivity index (χ4v) is 1.82. The summed E-state index contributed by atoms with van der Waals surface area (Å²) in [7, 11) is 0. The molecule has 0 spiro atoms. The Balaban J connectivity index is 2.18. The van der Waals surface area contributed by atoms with Gasteiger partial charge in [-0.25, -0.2) is 0 Å². The van der Waals surface area contributed by atoms with E-state index in [2.05, 4.69) is 5.32 Å². The van der Waals surface area contributed by atoms with Crippen LogP contribution in [0, 0.1) is 0 Å². The maximum atomic E-state index is 12.1. The first kappa shape index (κ1) is 12.2. The number of carbonyl (C=O) groups excluding carboxylic acids is 3. The Morgan fingerprint density at radius 3 is 2.50 bits per heavy atom. The lowest BCUT2D eigenvalue weighted by Gasteiger charge is -2.15. The van der Waals surface area contributed by atoms with E-state index in [1.165, 1.54) is 13.0 Å². The number of hydrogen-bond donors (Lipinski definition) is 1. The van der Waals surface area contributed by atoms with E-state index in [9.17, 15) is 14.4 Å². The van der Waals surface area contributed by atoms with Crippen LogP contribution >= 0.6 is 0 Å². The maximum absolute atomic E-state index is 12.1. The summed E-state index contributed by atoms with van der Waals surface area (Å²) in [6, 6.07) is 6.72. The summed E-state index contributed by atoms with van der Waals surface area (Å²) in [6.07, 6.45) is 1.63. The molecule has 0 unspecified atom stereocenters. The van der Waals surface area contributed by atoms with Gasteiger partial charge >= 0.3 is 0 Å². The second kappa shape index (κ2) is 4.96. The summed E-state index contributed by atoms with van der Waals surface area (Å²) < 4.78 is 0. The molecule has 1 N–H and O–H groups in total. The van der Waals surface area contributed by atoms with Gasteiger partial charge in [-0.3, -0.25) is 14.4 Å². The van der Waals surface area contributed by atoms with Crippen LogP contribution in [0.3, 0.4) is 0 Å². The topological polar surface area (TPSA) is 63.2 Å². The zero-order valence-electron chi connectivity index (χ0n) is 10.0. The van der Waals surface area contributed by atoms with Crippen molar-refractivity contribution >= 4 is 17.3 Å². The molecule has 0 aliphatic heterocycles. The summed E-state index contributed by atoms with van der Waals surface area (Å²) in [5.74, 6) is -0.345. The lowest BCUT2D eigenvalue weighted by atomic mass is 9.93. The van der Waals surface area contributed by atoms with Gasteiger partial charge in [-0.15, -0.1) is 0 Å². The summed E-state index contributed by atoms with van der Waals surface area (Å²) in [4.78, 5) is 34.7. The third kappa shape index (κ3) is 2.37. The highest BCUT2D eigenvalue weighted by Crippen LogP contribution is 2.19. The first-order valence-corrected chi connectivity index (χ1v) is 5.72. The standard InChI is InChI=1S/C14H13NO3/c1-9(16)6-7-15-12-8-13(17)10-4-2-3-5-11(10)14(12)18/h2-5,8,15H,6-7H2,1H3. The van der Waals surface area contributed by atoms with Crippen LogP contribution in [0.1, 0.15) is 34.1 Å². The molecule has 0 fully saturated rings. The molecule has 0 heterocycles. The van der Waals surface area contributed by atoms with Crippen molar-refractivity contribution in [1.29, 1.82) is 0 Å². The van der Waals surface area contributed by atoms with Gasteiger partial charge in [0.1, 0.15) is 5.78 Å². The van der Waals surface area contributed by atoms with E-state index in [0.717, 1.165) is 0 Å². The molecule has 4 heteroatoms. The number of benzene rings is 1. The van der Waals surface area contributed by atoms with E-state index in [0.29, 0.717) is 24.1 Å². The maximum Gasteiger partial charge on any atom is 0.209 e. The van der Waals surface area contributed by atoms with Crippen LogP contribution in [-0.4, -0.2) is 23.9 Å². The van der Waals surface area contributed by atoms with Crippen molar-refractivity contribution in [2.45, 2.75) is 13.3 Å². The van der Waals surface area contributed by atoms with Crippen LogP contribution in [0.15, 0.2) is 36.0 Å². The highest BCUT2D eigenvalue weighted by molar-refractivity contribution is 6.24. The van der Waals surface area contributed by atoms with Gasteiger partial charge in [-0.05, 0) is 6.92 Å². The predicted molar refractivity (Wildman–Crippen MR) is 66.5 cm³/mol. The van der Waals surface area contributed by atoms with Gasteiger partial charge in [0.05, 0.1) is 5.70 Å². The van der Waals surface area contributed by atoms with Crippen molar-refractivity contribution < 1.29 is 14.4 Å². The number of fused-ring (bicyclic) bond motifs is 1. The Morgan fingerprint density at radius 2 is 1.83 bits per heavy atom. The van der Waals surface area contributed by atoms with E-state index in [-0.39, 0.29) is 23.0 Å². The molecule has 2 rings (SSSR count). The third-order valence-electron chi connectivity index (χ3n) is 2.75. The first-order chi connectivity index (χ1) is 8.59. The summed E-state index contributed by atoms with van der Waals surface area (Å²) >= 11 is 0. The molecule has 18 heavy (non-hydrogen) atoms. The van der Waals surface area contributed by atoms with Gasteiger partial charge in [-0.1, -0.05) is 24.3 Å². The molecule has 1 aliphatic carbocycles. The van der Waals surface area contributed by atoms with E-state index < -0.39 is 0 Å². The van der Waals surface area contributed by atoms with Gasteiger partial charge in [-0.2, -0.15) is 0 Å². The number of allylic oxidation sites excluding steroid dienone is 2. The first-order valence-electron chi connectivity index (χ1n) is 5.72. The molecule has 0 saturated carbocycles. The number of hydrogen-bond acceptors (Lipinski definition) is 4. The Labute approximate surface area is 105 Å². The fraction of sp³-hybridized carbons (Fsp3) is 0.214. The molecule has 0 atom stereocenters. The second-order valence-corrected chi connectivity index (χ2v) is 4.18. The van der Waals surface area contributed by atoms with Crippen molar-refractivity contribution in [3.8, 4) is 0 Å². The number of carbonyl (C=O) groups is 3. The van der Waals surface area contributed by atoms with Crippen LogP contribution in [0.2, 0.25) is 0 Å². The van der Waals surface area contributed by atoms with Crippen LogP contribution in [0.5, 0.6) is 0 Å². The van der Waals surface area contributed by atoms with E-state index in [4.69, 9.17) is 0 Å². The second-order valence-electron chi connectivity index (χ2n) is 4.18. The Morgan fingerprint density at radius 1 is 1.17 bits per heavy atom. The smallest absolute Gasteiger partial charge is 0.209 e. The molecule has 0 radical (unpaired) electrons. The Bertz CT molecular complexity index is 558. The zero-order chi connectivity index (χ0) is 13.1. The van der Waals surface area contributed by atoms with Gasteiger partial charge in [0.15, 0.2) is 5.78 Å². The third-order valence-corrected chi connectivity index (χ3v) is 2.75. The molecule has 1 aromatic carbocycles. The largest absolute Gasteiger partial charge is 0.381 e. The van der Waals surface area contributed by atoms with Crippen LogP contribution in [0.4, 0.5) is 0 Å². The SMILES string of the molecule is CC(=O)CCNC1=CC(=O)c2ccccc2C1=O. The molecule has 1 aromatic rings. The zero-order valence-corrected chi connectivity index (χ0v) is 10.0. The molecule has 1 aliphatic rings. The molecule has 92 valence electrons. The van der Waals surface area contributed by atoms with Crippen LogP contribution in [0.25, 0.3) is 0 Å². The van der Waals surface area contributed by atoms with E-state index in [1.807, 2.05) is 0 Å². The van der Waals surface area contributed by atoms with E-state index in [1.54, 1.807) is 24.3 Å². The minimum Gasteiger partial charge on any atom is -0.381 e. The monoisotopic (exact) mass is 243 g/mol. The van der Waals surface area contributed by atoms with Crippen LogP contribution < -0.4 is 5.32 Å². The number of rotatable bonds is 4. The molecule has 0 amide bonds. The summed E-state index contributed by atoms with van der Waals surface area (Å²) in [6.45, 7) is 1.85. The normalized spacial score (nSPS) is 13.9. The lowest BCUT2D eigenvalue weighted by molar-refractivity contribution is -0.116. The predicted octanol–water partition coefficient (Wildman–Crippen LogP) is 1.52. The average Bonchev–Trinajstić information content (AvgIpc) is 2.35. The van der Waals surface area contributed by atoms with Gasteiger partial charge in [0.25, 0.3) is 0 Å². The number of ketones is 3. The highest BCUT2D eigenvalue weighted by Gasteiger charge is 2.24. The minimum absolute atomic E-state index is 0.0399. The molecular formula is C14H13NO3.